The van der Waals surface area contributed by atoms with Crippen LogP contribution in [0, 0.1) is 0 Å². The van der Waals surface area contributed by atoms with Crippen molar-refractivity contribution in [3.63, 3.8) is 0 Å². The molecule has 0 saturated carbocycles. The van der Waals surface area contributed by atoms with Crippen LogP contribution in [-0.2, 0) is 9.84 Å². The van der Waals surface area contributed by atoms with Gasteiger partial charge in [-0.2, -0.15) is 0 Å². The summed E-state index contributed by atoms with van der Waals surface area (Å²) in [6, 6.07) is 6.65. The van der Waals surface area contributed by atoms with Crippen molar-refractivity contribution >= 4 is 25.8 Å². The van der Waals surface area contributed by atoms with E-state index in [9.17, 15) is 8.42 Å². The van der Waals surface area contributed by atoms with Crippen LogP contribution in [0.3, 0.4) is 0 Å². The smallest absolute Gasteiger partial charge is 0.181 e. The molecule has 1 rings (SSSR count). The standard InChI is InChI=1S/C10H11BrO2S/c1-2-3-8-14(12,13)10-6-4-9(11)5-7-10/h2-7H,8H2,1H3/b3-2-. The van der Waals surface area contributed by atoms with E-state index in [1.165, 1.54) is 0 Å². The van der Waals surface area contributed by atoms with Crippen LogP contribution in [0.15, 0.2) is 45.8 Å². The Morgan fingerprint density at radius 3 is 2.36 bits per heavy atom. The van der Waals surface area contributed by atoms with Gasteiger partial charge in [0.15, 0.2) is 9.84 Å². The van der Waals surface area contributed by atoms with Crippen LogP contribution in [0.2, 0.25) is 0 Å². The zero-order valence-corrected chi connectivity index (χ0v) is 10.2. The second-order valence-electron chi connectivity index (χ2n) is 2.80. The Morgan fingerprint density at radius 2 is 1.86 bits per heavy atom. The molecule has 0 fully saturated rings. The van der Waals surface area contributed by atoms with Crippen LogP contribution < -0.4 is 0 Å². The number of halogens is 1. The fourth-order valence-electron chi connectivity index (χ4n) is 0.961. The predicted octanol–water partition coefficient (Wildman–Crippen LogP) is 2.80. The molecule has 0 amide bonds. The maximum absolute atomic E-state index is 11.6. The number of allylic oxidation sites excluding steroid dienone is 1. The Morgan fingerprint density at radius 1 is 1.29 bits per heavy atom. The van der Waals surface area contributed by atoms with Gasteiger partial charge in [-0.25, -0.2) is 8.42 Å². The Hall–Kier alpha value is -0.610. The largest absolute Gasteiger partial charge is 0.223 e. The van der Waals surface area contributed by atoms with Crippen molar-refractivity contribution in [2.45, 2.75) is 11.8 Å². The van der Waals surface area contributed by atoms with Gasteiger partial charge in [-0.05, 0) is 31.2 Å². The number of hydrogen-bond acceptors (Lipinski definition) is 2. The van der Waals surface area contributed by atoms with Crippen molar-refractivity contribution in [1.29, 1.82) is 0 Å². The monoisotopic (exact) mass is 274 g/mol. The Bertz CT molecular complexity index is 418. The zero-order chi connectivity index (χ0) is 10.6. The highest BCUT2D eigenvalue weighted by molar-refractivity contribution is 9.10. The van der Waals surface area contributed by atoms with Gasteiger partial charge in [-0.1, -0.05) is 28.1 Å². The quantitative estimate of drug-likeness (QED) is 0.795. The molecule has 0 N–H and O–H groups in total. The summed E-state index contributed by atoms with van der Waals surface area (Å²) >= 11 is 3.26. The molecule has 0 saturated heterocycles. The molecule has 1 aromatic rings. The van der Waals surface area contributed by atoms with Crippen LogP contribution in [0.4, 0.5) is 0 Å². The van der Waals surface area contributed by atoms with Gasteiger partial charge < -0.3 is 0 Å². The molecule has 0 unspecified atom stereocenters. The third-order valence-corrected chi connectivity index (χ3v) is 3.87. The van der Waals surface area contributed by atoms with Gasteiger partial charge in [0.2, 0.25) is 0 Å². The lowest BCUT2D eigenvalue weighted by molar-refractivity contribution is 0.599. The van der Waals surface area contributed by atoms with Crippen LogP contribution >= 0.6 is 15.9 Å². The third-order valence-electron chi connectivity index (χ3n) is 1.72. The van der Waals surface area contributed by atoms with E-state index in [4.69, 9.17) is 0 Å². The van der Waals surface area contributed by atoms with Gasteiger partial charge in [0.25, 0.3) is 0 Å². The summed E-state index contributed by atoms with van der Waals surface area (Å²) in [5, 5.41) is 0. The molecule has 1 aromatic carbocycles. The molecule has 0 aliphatic rings. The van der Waals surface area contributed by atoms with Gasteiger partial charge in [0.05, 0.1) is 10.6 Å². The van der Waals surface area contributed by atoms with Crippen LogP contribution in [0.5, 0.6) is 0 Å². The molecular formula is C10H11BrO2S. The lowest BCUT2D eigenvalue weighted by Crippen LogP contribution is -2.04. The topological polar surface area (TPSA) is 34.1 Å². The van der Waals surface area contributed by atoms with Crippen LogP contribution in [0.1, 0.15) is 6.92 Å². The fraction of sp³-hybridized carbons (Fsp3) is 0.200. The minimum Gasteiger partial charge on any atom is -0.223 e. The summed E-state index contributed by atoms with van der Waals surface area (Å²) in [7, 11) is -3.15. The summed E-state index contributed by atoms with van der Waals surface area (Å²) < 4.78 is 24.1. The molecular weight excluding hydrogens is 264 g/mol. The van der Waals surface area contributed by atoms with Crippen molar-refractivity contribution in [3.05, 3.63) is 40.9 Å². The molecule has 14 heavy (non-hydrogen) atoms. The summed E-state index contributed by atoms with van der Waals surface area (Å²) in [6.07, 6.45) is 3.37. The number of benzene rings is 1. The molecule has 0 aliphatic carbocycles. The fourth-order valence-corrected chi connectivity index (χ4v) is 2.41. The molecule has 2 nitrogen and oxygen atoms in total. The Labute approximate surface area is 92.7 Å². The molecule has 0 spiro atoms. The molecule has 76 valence electrons. The van der Waals surface area contributed by atoms with Crippen molar-refractivity contribution < 1.29 is 8.42 Å². The molecule has 4 heteroatoms. The lowest BCUT2D eigenvalue weighted by Gasteiger charge is -2.00. The van der Waals surface area contributed by atoms with Crippen molar-refractivity contribution in [2.24, 2.45) is 0 Å². The molecule has 0 aromatic heterocycles. The first-order valence-electron chi connectivity index (χ1n) is 4.16. The van der Waals surface area contributed by atoms with Crippen molar-refractivity contribution in [2.75, 3.05) is 5.75 Å². The third kappa shape index (κ3) is 2.96. The predicted molar refractivity (Wildman–Crippen MR) is 61.0 cm³/mol. The summed E-state index contributed by atoms with van der Waals surface area (Å²) in [6.45, 7) is 1.80. The first-order valence-corrected chi connectivity index (χ1v) is 6.60. The minimum atomic E-state index is -3.15. The summed E-state index contributed by atoms with van der Waals surface area (Å²) in [5.41, 5.74) is 0. The maximum atomic E-state index is 11.6. The van der Waals surface area contributed by atoms with Crippen molar-refractivity contribution in [3.8, 4) is 0 Å². The highest BCUT2D eigenvalue weighted by atomic mass is 79.9. The summed E-state index contributed by atoms with van der Waals surface area (Å²) in [4.78, 5) is 0.360. The molecule has 0 aliphatic heterocycles. The number of rotatable bonds is 3. The Balaban J connectivity index is 2.99. The average molecular weight is 275 g/mol. The number of hydrogen-bond donors (Lipinski definition) is 0. The first-order chi connectivity index (χ1) is 6.56. The van der Waals surface area contributed by atoms with Gasteiger partial charge in [0.1, 0.15) is 0 Å². The highest BCUT2D eigenvalue weighted by Gasteiger charge is 2.11. The second-order valence-corrected chi connectivity index (χ2v) is 5.75. The van der Waals surface area contributed by atoms with Gasteiger partial charge in [-0.3, -0.25) is 0 Å². The van der Waals surface area contributed by atoms with Crippen LogP contribution in [0.25, 0.3) is 0 Å². The minimum absolute atomic E-state index is 0.0606. The summed E-state index contributed by atoms with van der Waals surface area (Å²) in [5.74, 6) is 0.0606. The van der Waals surface area contributed by atoms with E-state index in [1.807, 2.05) is 0 Å². The van der Waals surface area contributed by atoms with E-state index in [2.05, 4.69) is 15.9 Å². The van der Waals surface area contributed by atoms with E-state index in [0.717, 1.165) is 4.47 Å². The SMILES string of the molecule is C/C=C\CS(=O)(=O)c1ccc(Br)cc1. The normalized spacial score (nSPS) is 12.1. The van der Waals surface area contributed by atoms with Crippen LogP contribution in [-0.4, -0.2) is 14.2 Å². The first kappa shape index (κ1) is 11.5. The molecule has 0 heterocycles. The highest BCUT2D eigenvalue weighted by Crippen LogP contribution is 2.15. The van der Waals surface area contributed by atoms with E-state index in [0.29, 0.717) is 4.90 Å². The maximum Gasteiger partial charge on any atom is 0.181 e. The van der Waals surface area contributed by atoms with Gasteiger partial charge >= 0.3 is 0 Å². The van der Waals surface area contributed by atoms with E-state index in [-0.39, 0.29) is 5.75 Å². The van der Waals surface area contributed by atoms with E-state index in [1.54, 1.807) is 43.3 Å². The molecule has 0 bridgehead atoms. The zero-order valence-electron chi connectivity index (χ0n) is 7.77. The van der Waals surface area contributed by atoms with Gasteiger partial charge in [-0.15, -0.1) is 0 Å². The second kappa shape index (κ2) is 4.75. The van der Waals surface area contributed by atoms with Gasteiger partial charge in [0, 0.05) is 4.47 Å². The lowest BCUT2D eigenvalue weighted by atomic mass is 10.4. The number of sulfone groups is 1. The average Bonchev–Trinajstić information content (AvgIpc) is 2.16. The van der Waals surface area contributed by atoms with E-state index >= 15 is 0 Å². The molecule has 0 atom stereocenters. The molecule has 0 radical (unpaired) electrons. The van der Waals surface area contributed by atoms with E-state index < -0.39 is 9.84 Å². The van der Waals surface area contributed by atoms with Crippen molar-refractivity contribution in [1.82, 2.24) is 0 Å². The Kier molecular flexibility index (Phi) is 3.89.